The van der Waals surface area contributed by atoms with Crippen molar-refractivity contribution in [2.75, 3.05) is 0 Å². The van der Waals surface area contributed by atoms with Gasteiger partial charge in [-0.05, 0) is 35.3 Å². The van der Waals surface area contributed by atoms with Gasteiger partial charge in [0.2, 0.25) is 0 Å². The molecule has 0 saturated heterocycles. The maximum Gasteiger partial charge on any atom is 0.256 e. The minimum Gasteiger partial charge on any atom is -0.289 e. The van der Waals surface area contributed by atoms with Crippen LogP contribution < -0.4 is 0 Å². The van der Waals surface area contributed by atoms with Crippen LogP contribution in [0.25, 0.3) is 0 Å². The highest BCUT2D eigenvalue weighted by atomic mass is 35.9. The predicted octanol–water partition coefficient (Wildman–Crippen LogP) is 3.21. The zero-order chi connectivity index (χ0) is 6.20. The number of halogens is 2. The molecule has 1 rings (SSSR count). The van der Waals surface area contributed by atoms with Gasteiger partial charge in [-0.3, -0.25) is 4.57 Å². The Morgan fingerprint density at radius 3 is 1.88 bits per heavy atom. The summed E-state index contributed by atoms with van der Waals surface area (Å²) in [4.78, 5) is 0. The summed E-state index contributed by atoms with van der Waals surface area (Å²) < 4.78 is 10.7. The molecule has 0 aliphatic heterocycles. The Kier molecular flexibility index (Phi) is 1.91. The average Bonchev–Trinajstić information content (AvgIpc) is 1.16. The van der Waals surface area contributed by atoms with Gasteiger partial charge in [0.25, 0.3) is 5.85 Å². The molecule has 0 heterocycles. The Morgan fingerprint density at radius 2 is 1.88 bits per heavy atom. The molecule has 0 aromatic rings. The van der Waals surface area contributed by atoms with Gasteiger partial charge in [0.1, 0.15) is 0 Å². The fourth-order valence-corrected chi connectivity index (χ4v) is 2.82. The topological polar surface area (TPSA) is 17.1 Å². The van der Waals surface area contributed by atoms with Crippen molar-refractivity contribution in [1.82, 2.24) is 0 Å². The Bertz CT molecular complexity index is 126. The molecule has 48 valence electrons. The van der Waals surface area contributed by atoms with Crippen LogP contribution in [0.2, 0.25) is 0 Å². The van der Waals surface area contributed by atoms with Crippen molar-refractivity contribution in [3.63, 3.8) is 0 Å². The quantitative estimate of drug-likeness (QED) is 0.556. The molecule has 0 atom stereocenters. The van der Waals surface area contributed by atoms with Gasteiger partial charge in [-0.2, -0.15) is 0 Å². The van der Waals surface area contributed by atoms with E-state index >= 15 is 0 Å². The van der Waals surface area contributed by atoms with E-state index in [2.05, 4.69) is 0 Å². The van der Waals surface area contributed by atoms with Crippen LogP contribution in [0, 0.1) is 0 Å². The monoisotopic (exact) mass is 172 g/mol. The Balaban J connectivity index is 2.46. The third-order valence-corrected chi connectivity index (χ3v) is 4.52. The van der Waals surface area contributed by atoms with Gasteiger partial charge in [0.15, 0.2) is 0 Å². The maximum atomic E-state index is 10.7. The minimum absolute atomic E-state index is 0.117. The third-order valence-electron chi connectivity index (χ3n) is 1.50. The van der Waals surface area contributed by atoms with Crippen molar-refractivity contribution in [2.24, 2.45) is 0 Å². The first-order valence-electron chi connectivity index (χ1n) is 2.60. The lowest BCUT2D eigenvalue weighted by atomic mass is 10.00. The lowest BCUT2D eigenvalue weighted by molar-refractivity contribution is 0.490. The van der Waals surface area contributed by atoms with Crippen LogP contribution in [0.15, 0.2) is 0 Å². The normalized spacial score (nSPS) is 22.8. The second kappa shape index (κ2) is 2.21. The van der Waals surface area contributed by atoms with Gasteiger partial charge >= 0.3 is 0 Å². The van der Waals surface area contributed by atoms with Crippen molar-refractivity contribution < 1.29 is 4.57 Å². The fraction of sp³-hybridized carbons (Fsp3) is 1.00. The van der Waals surface area contributed by atoms with E-state index in [1.165, 1.54) is 0 Å². The van der Waals surface area contributed by atoms with Crippen LogP contribution in [0.3, 0.4) is 0 Å². The largest absolute Gasteiger partial charge is 0.289 e. The van der Waals surface area contributed by atoms with Crippen molar-refractivity contribution >= 4 is 28.3 Å². The smallest absolute Gasteiger partial charge is 0.256 e. The molecule has 4 heteroatoms. The van der Waals surface area contributed by atoms with Crippen LogP contribution in [-0.4, -0.2) is 5.66 Å². The van der Waals surface area contributed by atoms with Crippen molar-refractivity contribution in [3.05, 3.63) is 0 Å². The first-order chi connectivity index (χ1) is 3.61. The second-order valence-corrected chi connectivity index (χ2v) is 7.35. The molecule has 1 nitrogen and oxygen atoms in total. The number of rotatable bonds is 1. The Hall–Kier alpha value is 0.810. The molecule has 1 aliphatic rings. The zero-order valence-corrected chi connectivity index (χ0v) is 6.72. The lowest BCUT2D eigenvalue weighted by Gasteiger charge is -2.25. The van der Waals surface area contributed by atoms with E-state index in [-0.39, 0.29) is 5.66 Å². The molecule has 0 bridgehead atoms. The van der Waals surface area contributed by atoms with E-state index in [1.54, 1.807) is 0 Å². The van der Waals surface area contributed by atoms with Crippen LogP contribution >= 0.6 is 28.3 Å². The lowest BCUT2D eigenvalue weighted by Crippen LogP contribution is -2.13. The molecule has 0 radical (unpaired) electrons. The summed E-state index contributed by atoms with van der Waals surface area (Å²) in [5.74, 6) is -2.73. The van der Waals surface area contributed by atoms with E-state index < -0.39 is 5.85 Å². The first-order valence-corrected chi connectivity index (χ1v) is 6.18. The van der Waals surface area contributed by atoms with Gasteiger partial charge < -0.3 is 0 Å². The fourth-order valence-electron chi connectivity index (χ4n) is 0.687. The molecule has 0 aromatic carbocycles. The van der Waals surface area contributed by atoms with E-state index in [0.29, 0.717) is 0 Å². The summed E-state index contributed by atoms with van der Waals surface area (Å²) in [6.07, 6.45) is 3.03. The molecule has 8 heavy (non-hydrogen) atoms. The first kappa shape index (κ1) is 6.92. The molecule has 1 aliphatic carbocycles. The standard InChI is InChI=1S/C4H7Cl2OP/c5-8(6,7)4-2-1-3-4/h4H,1-3H2. The number of hydrogen-bond acceptors (Lipinski definition) is 1. The summed E-state index contributed by atoms with van der Waals surface area (Å²) in [7, 11) is 0. The van der Waals surface area contributed by atoms with Crippen molar-refractivity contribution in [2.45, 2.75) is 24.9 Å². The van der Waals surface area contributed by atoms with E-state index in [0.717, 1.165) is 19.3 Å². The maximum absolute atomic E-state index is 10.7. The molecular weight excluding hydrogens is 166 g/mol. The molecule has 1 fully saturated rings. The Labute approximate surface area is 58.3 Å². The van der Waals surface area contributed by atoms with Gasteiger partial charge in [-0.1, -0.05) is 6.42 Å². The predicted molar refractivity (Wildman–Crippen MR) is 37.0 cm³/mol. The second-order valence-electron chi connectivity index (χ2n) is 2.09. The van der Waals surface area contributed by atoms with Crippen molar-refractivity contribution in [3.8, 4) is 0 Å². The summed E-state index contributed by atoms with van der Waals surface area (Å²) >= 11 is 10.7. The molecule has 0 aromatic heterocycles. The molecule has 0 spiro atoms. The zero-order valence-electron chi connectivity index (χ0n) is 4.31. The van der Waals surface area contributed by atoms with Crippen LogP contribution in [0.1, 0.15) is 19.3 Å². The number of hydrogen-bond donors (Lipinski definition) is 0. The van der Waals surface area contributed by atoms with Gasteiger partial charge in [-0.15, -0.1) is 0 Å². The van der Waals surface area contributed by atoms with E-state index in [1.807, 2.05) is 0 Å². The van der Waals surface area contributed by atoms with E-state index in [9.17, 15) is 4.57 Å². The summed E-state index contributed by atoms with van der Waals surface area (Å²) in [6, 6.07) is 0. The molecule has 0 unspecified atom stereocenters. The van der Waals surface area contributed by atoms with E-state index in [4.69, 9.17) is 22.5 Å². The SMILES string of the molecule is O=P(Cl)(Cl)C1CCC1. The van der Waals surface area contributed by atoms with Crippen LogP contribution in [-0.2, 0) is 4.57 Å². The highest BCUT2D eigenvalue weighted by molar-refractivity contribution is 8.09. The van der Waals surface area contributed by atoms with Gasteiger partial charge in [-0.25, -0.2) is 0 Å². The highest BCUT2D eigenvalue weighted by Gasteiger charge is 2.33. The highest BCUT2D eigenvalue weighted by Crippen LogP contribution is 2.66. The summed E-state index contributed by atoms with van der Waals surface area (Å²) in [5, 5.41) is 0. The average molecular weight is 173 g/mol. The third kappa shape index (κ3) is 1.40. The molecule has 0 amide bonds. The Morgan fingerprint density at radius 1 is 1.38 bits per heavy atom. The van der Waals surface area contributed by atoms with Gasteiger partial charge in [0, 0.05) is 5.66 Å². The van der Waals surface area contributed by atoms with Gasteiger partial charge in [0.05, 0.1) is 0 Å². The minimum atomic E-state index is -2.73. The summed E-state index contributed by atoms with van der Waals surface area (Å²) in [6.45, 7) is 0. The molecule has 1 saturated carbocycles. The van der Waals surface area contributed by atoms with Crippen molar-refractivity contribution in [1.29, 1.82) is 0 Å². The summed E-state index contributed by atoms with van der Waals surface area (Å²) in [5.41, 5.74) is 0.117. The molecule has 0 N–H and O–H groups in total. The van der Waals surface area contributed by atoms with Crippen LogP contribution in [0.5, 0.6) is 0 Å². The molecular formula is C4H7Cl2OP. The van der Waals surface area contributed by atoms with Crippen LogP contribution in [0.4, 0.5) is 0 Å².